The van der Waals surface area contributed by atoms with E-state index in [1.54, 1.807) is 18.2 Å². The van der Waals surface area contributed by atoms with E-state index in [0.717, 1.165) is 21.4 Å². The Balaban J connectivity index is 2.15. The van der Waals surface area contributed by atoms with E-state index in [0.29, 0.717) is 0 Å². The molecule has 2 rings (SSSR count). The highest BCUT2D eigenvalue weighted by atomic mass is 32.1. The molecule has 6 heteroatoms. The number of anilines is 2. The van der Waals surface area contributed by atoms with Gasteiger partial charge in [0.05, 0.1) is 15.5 Å². The van der Waals surface area contributed by atoms with Crippen LogP contribution in [0.2, 0.25) is 0 Å². The molecule has 20 heavy (non-hydrogen) atoms. The topological polar surface area (TPSA) is 68.1 Å². The number of aryl methyl sites for hydroxylation is 1. The number of nitrogens with zero attached hydrogens (tertiary/aromatic N) is 2. The first-order chi connectivity index (χ1) is 9.60. The van der Waals surface area contributed by atoms with Gasteiger partial charge in [-0.15, -0.1) is 0 Å². The Morgan fingerprint density at radius 3 is 2.70 bits per heavy atom. The fourth-order valence-electron chi connectivity index (χ4n) is 1.56. The van der Waals surface area contributed by atoms with E-state index in [-0.39, 0.29) is 5.69 Å². The third kappa shape index (κ3) is 3.30. The van der Waals surface area contributed by atoms with E-state index in [4.69, 9.17) is 0 Å². The highest BCUT2D eigenvalue weighted by Gasteiger charge is 2.07. The Bertz CT molecular complexity index is 660. The van der Waals surface area contributed by atoms with Crippen LogP contribution in [0, 0.1) is 17.0 Å². The molecule has 1 aromatic carbocycles. The summed E-state index contributed by atoms with van der Waals surface area (Å²) in [5.74, 6) is 0. The largest absolute Gasteiger partial charge is 0.332 e. The van der Waals surface area contributed by atoms with Gasteiger partial charge in [0, 0.05) is 17.8 Å². The fraction of sp³-hybridized carbons (Fsp3) is 0.0714. The summed E-state index contributed by atoms with van der Waals surface area (Å²) in [5.41, 5.74) is 1.77. The van der Waals surface area contributed by atoms with Gasteiger partial charge in [0.25, 0.3) is 5.69 Å². The molecule has 1 N–H and O–H groups in total. The summed E-state index contributed by atoms with van der Waals surface area (Å²) in [6.45, 7) is 5.56. The smallest absolute Gasteiger partial charge is 0.269 e. The molecule has 1 aromatic heterocycles. The normalized spacial score (nSPS) is 10.7. The molecule has 0 bridgehead atoms. The highest BCUT2D eigenvalue weighted by Crippen LogP contribution is 2.27. The van der Waals surface area contributed by atoms with E-state index in [9.17, 15) is 10.1 Å². The Morgan fingerprint density at radius 2 is 2.10 bits per heavy atom. The predicted molar refractivity (Wildman–Crippen MR) is 82.5 cm³/mol. The lowest BCUT2D eigenvalue weighted by Crippen LogP contribution is -1.91. The molecule has 0 spiro atoms. The Kier molecular flexibility index (Phi) is 4.27. The lowest BCUT2D eigenvalue weighted by Gasteiger charge is -2.01. The minimum Gasteiger partial charge on any atom is -0.332 e. The van der Waals surface area contributed by atoms with Crippen molar-refractivity contribution in [2.24, 2.45) is 0 Å². The summed E-state index contributed by atoms with van der Waals surface area (Å²) < 4.78 is 0. The van der Waals surface area contributed by atoms with Crippen LogP contribution in [0.15, 0.2) is 43.0 Å². The van der Waals surface area contributed by atoms with Crippen molar-refractivity contribution in [1.82, 2.24) is 4.98 Å². The van der Waals surface area contributed by atoms with Crippen LogP contribution < -0.4 is 5.32 Å². The Hall–Kier alpha value is -2.47. The van der Waals surface area contributed by atoms with E-state index < -0.39 is 4.92 Å². The molecule has 0 saturated heterocycles. The van der Waals surface area contributed by atoms with Gasteiger partial charge in [-0.05, 0) is 25.1 Å². The van der Waals surface area contributed by atoms with Gasteiger partial charge in [0.1, 0.15) is 0 Å². The lowest BCUT2D eigenvalue weighted by molar-refractivity contribution is -0.384. The third-order valence-electron chi connectivity index (χ3n) is 2.55. The van der Waals surface area contributed by atoms with Gasteiger partial charge in [-0.1, -0.05) is 30.1 Å². The summed E-state index contributed by atoms with van der Waals surface area (Å²) in [7, 11) is 0. The van der Waals surface area contributed by atoms with Crippen molar-refractivity contribution in [3.05, 3.63) is 63.7 Å². The number of nitrogens with one attached hydrogen (secondary N) is 1. The van der Waals surface area contributed by atoms with Crippen LogP contribution in [0.1, 0.15) is 10.6 Å². The van der Waals surface area contributed by atoms with Crippen molar-refractivity contribution in [2.75, 3.05) is 5.32 Å². The van der Waals surface area contributed by atoms with Crippen LogP contribution >= 0.6 is 11.3 Å². The maximum Gasteiger partial charge on any atom is 0.269 e. The zero-order chi connectivity index (χ0) is 14.5. The van der Waals surface area contributed by atoms with Crippen molar-refractivity contribution in [3.63, 3.8) is 0 Å². The molecule has 0 saturated carbocycles. The molecule has 0 atom stereocenters. The highest BCUT2D eigenvalue weighted by molar-refractivity contribution is 7.16. The van der Waals surface area contributed by atoms with Crippen molar-refractivity contribution in [2.45, 2.75) is 6.92 Å². The minimum atomic E-state index is -0.421. The molecule has 0 unspecified atom stereocenters. The maximum atomic E-state index is 10.6. The van der Waals surface area contributed by atoms with E-state index in [1.165, 1.54) is 23.5 Å². The molecular formula is C14H13N3O2S. The van der Waals surface area contributed by atoms with Crippen LogP contribution in [0.4, 0.5) is 16.5 Å². The Labute approximate surface area is 120 Å². The van der Waals surface area contributed by atoms with Crippen LogP contribution in [0.25, 0.3) is 6.08 Å². The number of thiazole rings is 1. The molecule has 0 aliphatic rings. The summed E-state index contributed by atoms with van der Waals surface area (Å²) >= 11 is 1.51. The average molecular weight is 287 g/mol. The summed E-state index contributed by atoms with van der Waals surface area (Å²) in [6, 6.07) is 6.24. The number of nitro groups is 1. The molecule has 2 aromatic rings. The van der Waals surface area contributed by atoms with Crippen LogP contribution in [-0.2, 0) is 0 Å². The molecular weight excluding hydrogens is 274 g/mol. The Morgan fingerprint density at radius 1 is 1.40 bits per heavy atom. The van der Waals surface area contributed by atoms with Crippen LogP contribution in [-0.4, -0.2) is 9.91 Å². The number of rotatable bonds is 5. The number of non-ortho nitro benzene ring substituents is 1. The van der Waals surface area contributed by atoms with Crippen molar-refractivity contribution in [3.8, 4) is 0 Å². The number of allylic oxidation sites excluding steroid dienone is 2. The quantitative estimate of drug-likeness (QED) is 0.505. The van der Waals surface area contributed by atoms with E-state index in [2.05, 4.69) is 16.9 Å². The van der Waals surface area contributed by atoms with Gasteiger partial charge < -0.3 is 5.32 Å². The zero-order valence-electron chi connectivity index (χ0n) is 10.9. The monoisotopic (exact) mass is 287 g/mol. The SMILES string of the molecule is C=C/C=C\c1sc(Nc2ccc([N+](=O)[O-])cc2)nc1C. The van der Waals surface area contributed by atoms with Gasteiger partial charge in [-0.2, -0.15) is 0 Å². The number of hydrogen-bond acceptors (Lipinski definition) is 5. The summed E-state index contributed by atoms with van der Waals surface area (Å²) in [4.78, 5) is 15.6. The third-order valence-corrected chi connectivity index (χ3v) is 3.58. The number of benzene rings is 1. The van der Waals surface area contributed by atoms with Gasteiger partial charge >= 0.3 is 0 Å². The second-order valence-corrected chi connectivity index (χ2v) is 5.02. The van der Waals surface area contributed by atoms with Gasteiger partial charge in [0.2, 0.25) is 0 Å². The second kappa shape index (κ2) is 6.12. The van der Waals surface area contributed by atoms with Gasteiger partial charge in [-0.25, -0.2) is 4.98 Å². The van der Waals surface area contributed by atoms with Gasteiger partial charge in [-0.3, -0.25) is 10.1 Å². The van der Waals surface area contributed by atoms with Crippen LogP contribution in [0.3, 0.4) is 0 Å². The van der Waals surface area contributed by atoms with Crippen molar-refractivity contribution < 1.29 is 4.92 Å². The van der Waals surface area contributed by atoms with E-state index in [1.807, 2.05) is 19.1 Å². The maximum absolute atomic E-state index is 10.6. The van der Waals surface area contributed by atoms with E-state index >= 15 is 0 Å². The molecule has 0 aliphatic carbocycles. The van der Waals surface area contributed by atoms with Crippen molar-refractivity contribution >= 4 is 33.9 Å². The zero-order valence-corrected chi connectivity index (χ0v) is 11.7. The number of aromatic nitrogens is 1. The summed E-state index contributed by atoms with van der Waals surface area (Å²) in [6.07, 6.45) is 5.51. The number of nitro benzene ring substituents is 1. The van der Waals surface area contributed by atoms with Crippen LogP contribution in [0.5, 0.6) is 0 Å². The first-order valence-electron chi connectivity index (χ1n) is 5.88. The minimum absolute atomic E-state index is 0.0699. The molecule has 102 valence electrons. The molecule has 1 heterocycles. The average Bonchev–Trinajstić information content (AvgIpc) is 2.77. The molecule has 5 nitrogen and oxygen atoms in total. The van der Waals surface area contributed by atoms with Crippen molar-refractivity contribution in [1.29, 1.82) is 0 Å². The van der Waals surface area contributed by atoms with Gasteiger partial charge in [0.15, 0.2) is 5.13 Å². The number of hydrogen-bond donors (Lipinski definition) is 1. The first-order valence-corrected chi connectivity index (χ1v) is 6.70. The summed E-state index contributed by atoms with van der Waals surface area (Å²) in [5, 5.41) is 14.5. The second-order valence-electron chi connectivity index (χ2n) is 3.99. The molecule has 0 aliphatic heterocycles. The lowest BCUT2D eigenvalue weighted by atomic mass is 10.3. The molecule has 0 radical (unpaired) electrons. The first kappa shape index (κ1) is 14.0. The predicted octanol–water partition coefficient (Wildman–Crippen LogP) is 4.30. The standard InChI is InChI=1S/C14H13N3O2S/c1-3-4-5-13-10(2)15-14(20-13)16-11-6-8-12(9-7-11)17(18)19/h3-9H,1H2,2H3,(H,15,16)/b5-4-. The molecule has 0 fully saturated rings. The molecule has 0 amide bonds. The fourth-order valence-corrected chi connectivity index (χ4v) is 2.46.